The topological polar surface area (TPSA) is 44.4 Å². The first-order valence-electron chi connectivity index (χ1n) is 5.62. The maximum atomic E-state index is 11.7. The lowest BCUT2D eigenvalue weighted by Gasteiger charge is -2.26. The molecule has 1 amide bonds. The lowest BCUT2D eigenvalue weighted by Crippen LogP contribution is -2.46. The third-order valence-electron chi connectivity index (χ3n) is 2.63. The van der Waals surface area contributed by atoms with Gasteiger partial charge in [-0.05, 0) is 12.1 Å². The van der Waals surface area contributed by atoms with Gasteiger partial charge in [-0.3, -0.25) is 9.69 Å². The van der Waals surface area contributed by atoms with Crippen LogP contribution in [0.15, 0.2) is 30.3 Å². The number of piperazine rings is 1. The molecule has 2 rings (SSSR count). The lowest BCUT2D eigenvalue weighted by atomic mass is 10.3. The van der Waals surface area contributed by atoms with Crippen LogP contribution in [0.25, 0.3) is 0 Å². The molecule has 0 aromatic heterocycles. The minimum atomic E-state index is 0.0631. The molecule has 0 unspecified atom stereocenters. The highest BCUT2D eigenvalue weighted by atomic mass is 16.2. The lowest BCUT2D eigenvalue weighted by molar-refractivity contribution is -0.117. The van der Waals surface area contributed by atoms with Crippen LogP contribution < -0.4 is 10.6 Å². The Balaban J connectivity index is 1.80. The highest BCUT2D eigenvalue weighted by molar-refractivity contribution is 5.92. The molecule has 1 aromatic carbocycles. The van der Waals surface area contributed by atoms with E-state index < -0.39 is 0 Å². The smallest absolute Gasteiger partial charge is 0.238 e. The molecule has 0 radical (unpaired) electrons. The van der Waals surface area contributed by atoms with E-state index in [-0.39, 0.29) is 5.91 Å². The number of benzene rings is 1. The predicted octanol–water partition coefficient (Wildman–Crippen LogP) is 0.530. The predicted molar refractivity (Wildman–Crippen MR) is 64.4 cm³/mol. The third-order valence-corrected chi connectivity index (χ3v) is 2.63. The Kier molecular flexibility index (Phi) is 3.91. The number of carbonyl (C=O) groups excluding carboxylic acids is 1. The van der Waals surface area contributed by atoms with Crippen LogP contribution in [0.3, 0.4) is 0 Å². The maximum Gasteiger partial charge on any atom is 0.238 e. The van der Waals surface area contributed by atoms with E-state index in [4.69, 9.17) is 0 Å². The summed E-state index contributed by atoms with van der Waals surface area (Å²) in [5.41, 5.74) is 0.864. The summed E-state index contributed by atoms with van der Waals surface area (Å²) in [5.74, 6) is 0.0631. The number of nitrogens with zero attached hydrogens (tertiary/aromatic N) is 1. The van der Waals surface area contributed by atoms with Crippen molar-refractivity contribution < 1.29 is 4.79 Å². The van der Waals surface area contributed by atoms with Crippen LogP contribution in [0, 0.1) is 0 Å². The highest BCUT2D eigenvalue weighted by Crippen LogP contribution is 2.04. The maximum absolute atomic E-state index is 11.7. The van der Waals surface area contributed by atoms with Crippen LogP contribution in [0.4, 0.5) is 5.69 Å². The summed E-state index contributed by atoms with van der Waals surface area (Å²) in [4.78, 5) is 13.9. The molecule has 16 heavy (non-hydrogen) atoms. The van der Waals surface area contributed by atoms with Crippen LogP contribution >= 0.6 is 0 Å². The molecule has 4 nitrogen and oxygen atoms in total. The zero-order chi connectivity index (χ0) is 11.2. The Morgan fingerprint density at radius 3 is 2.62 bits per heavy atom. The fraction of sp³-hybridized carbons (Fsp3) is 0.417. The van der Waals surface area contributed by atoms with Crippen molar-refractivity contribution in [1.82, 2.24) is 10.2 Å². The molecule has 0 spiro atoms. The van der Waals surface area contributed by atoms with Gasteiger partial charge in [0.05, 0.1) is 6.54 Å². The quantitative estimate of drug-likeness (QED) is 0.779. The average Bonchev–Trinajstić information content (AvgIpc) is 2.31. The zero-order valence-corrected chi connectivity index (χ0v) is 9.28. The number of nitrogens with one attached hydrogen (secondary N) is 2. The minimum absolute atomic E-state index is 0.0631. The standard InChI is InChI=1S/C12H17N3O/c16-12(10-15-8-6-13-7-9-15)14-11-4-2-1-3-5-11/h1-5,13H,6-10H2,(H,14,16). The van der Waals surface area contributed by atoms with Crippen LogP contribution in [0.5, 0.6) is 0 Å². The SMILES string of the molecule is O=C(CN1CCNCC1)Nc1ccccc1. The van der Waals surface area contributed by atoms with Gasteiger partial charge in [-0.2, -0.15) is 0 Å². The van der Waals surface area contributed by atoms with Crippen molar-refractivity contribution in [3.63, 3.8) is 0 Å². The summed E-state index contributed by atoms with van der Waals surface area (Å²) in [7, 11) is 0. The molecule has 0 atom stereocenters. The fourth-order valence-corrected chi connectivity index (χ4v) is 1.79. The molecular formula is C12H17N3O. The van der Waals surface area contributed by atoms with Crippen molar-refractivity contribution in [2.24, 2.45) is 0 Å². The van der Waals surface area contributed by atoms with E-state index in [0.29, 0.717) is 6.54 Å². The molecule has 1 aliphatic rings. The summed E-state index contributed by atoms with van der Waals surface area (Å²) in [6.45, 7) is 4.32. The first-order valence-corrected chi connectivity index (χ1v) is 5.62. The molecule has 1 aliphatic heterocycles. The molecule has 4 heteroatoms. The van der Waals surface area contributed by atoms with Crippen LogP contribution in [-0.2, 0) is 4.79 Å². The molecule has 1 fully saturated rings. The Morgan fingerprint density at radius 1 is 1.25 bits per heavy atom. The molecule has 1 aromatic rings. The molecule has 2 N–H and O–H groups in total. The van der Waals surface area contributed by atoms with E-state index in [2.05, 4.69) is 15.5 Å². The zero-order valence-electron chi connectivity index (χ0n) is 9.28. The Morgan fingerprint density at radius 2 is 1.94 bits per heavy atom. The van der Waals surface area contributed by atoms with Gasteiger partial charge in [0.2, 0.25) is 5.91 Å². The van der Waals surface area contributed by atoms with Crippen molar-refractivity contribution in [3.8, 4) is 0 Å². The second-order valence-electron chi connectivity index (χ2n) is 3.94. The second-order valence-corrected chi connectivity index (χ2v) is 3.94. The largest absolute Gasteiger partial charge is 0.325 e. The number of para-hydroxylation sites is 1. The summed E-state index contributed by atoms with van der Waals surface area (Å²) < 4.78 is 0. The normalized spacial score (nSPS) is 17.0. The molecule has 1 heterocycles. The van der Waals surface area contributed by atoms with Gasteiger partial charge in [-0.1, -0.05) is 18.2 Å². The third kappa shape index (κ3) is 3.32. The molecule has 0 saturated carbocycles. The number of rotatable bonds is 3. The van der Waals surface area contributed by atoms with Gasteiger partial charge in [0, 0.05) is 31.9 Å². The van der Waals surface area contributed by atoms with Gasteiger partial charge in [-0.25, -0.2) is 0 Å². The summed E-state index contributed by atoms with van der Waals surface area (Å²) in [5, 5.41) is 6.15. The Bertz CT molecular complexity index is 333. The van der Waals surface area contributed by atoms with Gasteiger partial charge in [-0.15, -0.1) is 0 Å². The first-order chi connectivity index (χ1) is 7.84. The van der Waals surface area contributed by atoms with Gasteiger partial charge in [0.25, 0.3) is 0 Å². The van der Waals surface area contributed by atoms with Crippen LogP contribution in [0.1, 0.15) is 0 Å². The number of amides is 1. The number of hydrogen-bond acceptors (Lipinski definition) is 3. The molecule has 86 valence electrons. The van der Waals surface area contributed by atoms with Crippen molar-refractivity contribution in [2.45, 2.75) is 0 Å². The van der Waals surface area contributed by atoms with E-state index >= 15 is 0 Å². The van der Waals surface area contributed by atoms with Gasteiger partial charge >= 0.3 is 0 Å². The minimum Gasteiger partial charge on any atom is -0.325 e. The van der Waals surface area contributed by atoms with Crippen LogP contribution in [0.2, 0.25) is 0 Å². The van der Waals surface area contributed by atoms with Gasteiger partial charge < -0.3 is 10.6 Å². The van der Waals surface area contributed by atoms with E-state index in [1.807, 2.05) is 30.3 Å². The fourth-order valence-electron chi connectivity index (χ4n) is 1.79. The Hall–Kier alpha value is -1.39. The number of carbonyl (C=O) groups is 1. The van der Waals surface area contributed by atoms with Crippen molar-refractivity contribution >= 4 is 11.6 Å². The monoisotopic (exact) mass is 219 g/mol. The highest BCUT2D eigenvalue weighted by Gasteiger charge is 2.13. The Labute approximate surface area is 95.6 Å². The summed E-state index contributed by atoms with van der Waals surface area (Å²) >= 11 is 0. The van der Waals surface area contributed by atoms with E-state index in [9.17, 15) is 4.79 Å². The van der Waals surface area contributed by atoms with Crippen LogP contribution in [-0.4, -0.2) is 43.5 Å². The first kappa shape index (κ1) is 11.1. The van der Waals surface area contributed by atoms with E-state index in [1.54, 1.807) is 0 Å². The molecule has 0 aliphatic carbocycles. The van der Waals surface area contributed by atoms with Gasteiger partial charge in [0.1, 0.15) is 0 Å². The molecule has 1 saturated heterocycles. The summed E-state index contributed by atoms with van der Waals surface area (Å²) in [6.07, 6.45) is 0. The average molecular weight is 219 g/mol. The van der Waals surface area contributed by atoms with E-state index in [0.717, 1.165) is 31.9 Å². The van der Waals surface area contributed by atoms with E-state index in [1.165, 1.54) is 0 Å². The summed E-state index contributed by atoms with van der Waals surface area (Å²) in [6, 6.07) is 9.57. The van der Waals surface area contributed by atoms with Crippen molar-refractivity contribution in [3.05, 3.63) is 30.3 Å². The van der Waals surface area contributed by atoms with Gasteiger partial charge in [0.15, 0.2) is 0 Å². The molecule has 0 bridgehead atoms. The second kappa shape index (κ2) is 5.63. The molecular weight excluding hydrogens is 202 g/mol. The number of hydrogen-bond donors (Lipinski definition) is 2. The van der Waals surface area contributed by atoms with Crippen molar-refractivity contribution in [1.29, 1.82) is 0 Å². The van der Waals surface area contributed by atoms with Crippen molar-refractivity contribution in [2.75, 3.05) is 38.0 Å². The number of anilines is 1.